The highest BCUT2D eigenvalue weighted by atomic mass is 35.5. The van der Waals surface area contributed by atoms with Gasteiger partial charge >= 0.3 is 0 Å². The molecule has 0 atom stereocenters. The van der Waals surface area contributed by atoms with Gasteiger partial charge in [0.15, 0.2) is 0 Å². The molecule has 0 aliphatic rings. The van der Waals surface area contributed by atoms with E-state index in [2.05, 4.69) is 10.0 Å². The third-order valence-electron chi connectivity index (χ3n) is 2.40. The molecule has 104 valence electrons. The Kier molecular flexibility index (Phi) is 6.25. The summed E-state index contributed by atoms with van der Waals surface area (Å²) in [4.78, 5) is -0.0852. The van der Waals surface area contributed by atoms with Crippen molar-refractivity contribution in [1.29, 1.82) is 5.26 Å². The molecule has 0 saturated carbocycles. The Hall–Kier alpha value is -1.13. The summed E-state index contributed by atoms with van der Waals surface area (Å²) in [6.45, 7) is 3.67. The van der Waals surface area contributed by atoms with Gasteiger partial charge in [-0.3, -0.25) is 0 Å². The first-order valence-corrected chi connectivity index (χ1v) is 7.78. The van der Waals surface area contributed by atoms with Gasteiger partial charge < -0.3 is 5.32 Å². The predicted molar refractivity (Wildman–Crippen MR) is 74.5 cm³/mol. The van der Waals surface area contributed by atoms with Gasteiger partial charge in [0, 0.05) is 13.1 Å². The summed E-state index contributed by atoms with van der Waals surface area (Å²) in [5.74, 6) is 0. The molecule has 0 aromatic heterocycles. The Morgan fingerprint density at radius 2 is 2.05 bits per heavy atom. The first kappa shape index (κ1) is 15.9. The predicted octanol–water partition coefficient (Wildman–Crippen LogP) is 1.49. The highest BCUT2D eigenvalue weighted by molar-refractivity contribution is 7.89. The lowest BCUT2D eigenvalue weighted by molar-refractivity contribution is 0.575. The first-order valence-electron chi connectivity index (χ1n) is 5.92. The molecule has 0 aliphatic heterocycles. The van der Waals surface area contributed by atoms with E-state index >= 15 is 0 Å². The summed E-state index contributed by atoms with van der Waals surface area (Å²) in [7, 11) is -3.71. The zero-order valence-electron chi connectivity index (χ0n) is 10.6. The Bertz CT molecular complexity index is 567. The van der Waals surface area contributed by atoms with Crippen LogP contribution in [-0.2, 0) is 10.0 Å². The van der Waals surface area contributed by atoms with Crippen molar-refractivity contribution in [1.82, 2.24) is 10.0 Å². The number of nitrogens with one attached hydrogen (secondary N) is 2. The topological polar surface area (TPSA) is 82.0 Å². The molecule has 0 bridgehead atoms. The summed E-state index contributed by atoms with van der Waals surface area (Å²) in [6.07, 6.45) is 0.986. The Labute approximate surface area is 118 Å². The van der Waals surface area contributed by atoms with Crippen LogP contribution in [0.25, 0.3) is 0 Å². The van der Waals surface area contributed by atoms with Crippen LogP contribution in [0.5, 0.6) is 0 Å². The van der Waals surface area contributed by atoms with Gasteiger partial charge in [0.2, 0.25) is 10.0 Å². The van der Waals surface area contributed by atoms with Gasteiger partial charge in [-0.15, -0.1) is 0 Å². The summed E-state index contributed by atoms with van der Waals surface area (Å²) in [5.41, 5.74) is -0.0295. The number of sulfonamides is 1. The third-order valence-corrected chi connectivity index (χ3v) is 4.22. The van der Waals surface area contributed by atoms with Crippen LogP contribution in [0.2, 0.25) is 5.02 Å². The number of halogens is 1. The molecule has 7 heteroatoms. The minimum atomic E-state index is -3.71. The van der Waals surface area contributed by atoms with E-state index in [0.717, 1.165) is 13.0 Å². The average Bonchev–Trinajstić information content (AvgIpc) is 2.38. The zero-order chi connectivity index (χ0) is 14.3. The maximum Gasteiger partial charge on any atom is 0.241 e. The van der Waals surface area contributed by atoms with Crippen LogP contribution in [0.4, 0.5) is 0 Å². The SMILES string of the molecule is CCCNCCNS(=O)(=O)c1cccc(Cl)c1C#N. The fourth-order valence-corrected chi connectivity index (χ4v) is 2.97. The highest BCUT2D eigenvalue weighted by Crippen LogP contribution is 2.22. The highest BCUT2D eigenvalue weighted by Gasteiger charge is 2.19. The molecule has 0 spiro atoms. The second-order valence-corrected chi connectivity index (χ2v) is 6.02. The quantitative estimate of drug-likeness (QED) is 0.748. The lowest BCUT2D eigenvalue weighted by Gasteiger charge is -2.09. The third kappa shape index (κ3) is 4.48. The number of benzene rings is 1. The fourth-order valence-electron chi connectivity index (χ4n) is 1.49. The second kappa shape index (κ2) is 7.46. The molecule has 0 aliphatic carbocycles. The largest absolute Gasteiger partial charge is 0.315 e. The summed E-state index contributed by atoms with van der Waals surface area (Å²) >= 11 is 5.81. The van der Waals surface area contributed by atoms with Crippen molar-refractivity contribution >= 4 is 21.6 Å². The van der Waals surface area contributed by atoms with Crippen LogP contribution in [0.15, 0.2) is 23.1 Å². The molecule has 19 heavy (non-hydrogen) atoms. The number of nitrogens with zero attached hydrogens (tertiary/aromatic N) is 1. The van der Waals surface area contributed by atoms with E-state index in [1.165, 1.54) is 18.2 Å². The molecule has 1 rings (SSSR count). The molecular formula is C12H16ClN3O2S. The van der Waals surface area contributed by atoms with E-state index in [4.69, 9.17) is 16.9 Å². The van der Waals surface area contributed by atoms with Gasteiger partial charge in [0.1, 0.15) is 11.0 Å². The van der Waals surface area contributed by atoms with Crippen LogP contribution < -0.4 is 10.0 Å². The summed E-state index contributed by atoms with van der Waals surface area (Å²) in [5, 5.41) is 12.2. The molecule has 0 heterocycles. The Balaban J connectivity index is 2.79. The van der Waals surface area contributed by atoms with Crippen molar-refractivity contribution in [2.24, 2.45) is 0 Å². The molecule has 5 nitrogen and oxygen atoms in total. The summed E-state index contributed by atoms with van der Waals surface area (Å²) in [6, 6.07) is 6.18. The van der Waals surface area contributed by atoms with Gasteiger partial charge in [0.05, 0.1) is 10.6 Å². The van der Waals surface area contributed by atoms with Crippen LogP contribution in [0.3, 0.4) is 0 Å². The van der Waals surface area contributed by atoms with Crippen molar-refractivity contribution in [2.75, 3.05) is 19.6 Å². The number of hydrogen-bond donors (Lipinski definition) is 2. The smallest absolute Gasteiger partial charge is 0.241 e. The molecule has 0 fully saturated rings. The lowest BCUT2D eigenvalue weighted by atomic mass is 10.2. The maximum atomic E-state index is 12.0. The van der Waals surface area contributed by atoms with E-state index < -0.39 is 10.0 Å². The maximum absolute atomic E-state index is 12.0. The van der Waals surface area contributed by atoms with Crippen molar-refractivity contribution in [3.63, 3.8) is 0 Å². The van der Waals surface area contributed by atoms with Crippen molar-refractivity contribution in [3.05, 3.63) is 28.8 Å². The van der Waals surface area contributed by atoms with E-state index in [9.17, 15) is 8.42 Å². The molecular weight excluding hydrogens is 286 g/mol. The van der Waals surface area contributed by atoms with Gasteiger partial charge in [0.25, 0.3) is 0 Å². The minimum absolute atomic E-state index is 0.0295. The van der Waals surface area contributed by atoms with E-state index in [-0.39, 0.29) is 22.0 Å². The van der Waals surface area contributed by atoms with Crippen LogP contribution in [-0.4, -0.2) is 28.1 Å². The van der Waals surface area contributed by atoms with Crippen molar-refractivity contribution in [2.45, 2.75) is 18.2 Å². The molecule has 0 unspecified atom stereocenters. The van der Waals surface area contributed by atoms with Crippen molar-refractivity contribution < 1.29 is 8.42 Å². The molecule has 0 radical (unpaired) electrons. The molecule has 1 aromatic carbocycles. The average molecular weight is 302 g/mol. The van der Waals surface area contributed by atoms with Gasteiger partial charge in [-0.05, 0) is 25.1 Å². The Morgan fingerprint density at radius 3 is 2.68 bits per heavy atom. The molecule has 1 aromatic rings. The number of rotatable bonds is 7. The molecule has 0 amide bonds. The molecule has 0 saturated heterocycles. The standard InChI is InChI=1S/C12H16ClN3O2S/c1-2-6-15-7-8-16-19(17,18)12-5-3-4-11(13)10(12)9-14/h3-5,15-16H,2,6-8H2,1H3. The normalized spacial score (nSPS) is 11.2. The first-order chi connectivity index (χ1) is 9.03. The van der Waals surface area contributed by atoms with Gasteiger partial charge in [-0.1, -0.05) is 24.6 Å². The van der Waals surface area contributed by atoms with Gasteiger partial charge in [-0.25, -0.2) is 13.1 Å². The van der Waals surface area contributed by atoms with Crippen LogP contribution >= 0.6 is 11.6 Å². The van der Waals surface area contributed by atoms with E-state index in [0.29, 0.717) is 6.54 Å². The lowest BCUT2D eigenvalue weighted by Crippen LogP contribution is -2.32. The molecule has 2 N–H and O–H groups in total. The van der Waals surface area contributed by atoms with Gasteiger partial charge in [-0.2, -0.15) is 5.26 Å². The minimum Gasteiger partial charge on any atom is -0.315 e. The second-order valence-electron chi connectivity index (χ2n) is 3.87. The monoisotopic (exact) mass is 301 g/mol. The van der Waals surface area contributed by atoms with E-state index in [1.807, 2.05) is 13.0 Å². The fraction of sp³-hybridized carbons (Fsp3) is 0.417. The summed E-state index contributed by atoms with van der Waals surface area (Å²) < 4.78 is 26.5. The van der Waals surface area contributed by atoms with Crippen molar-refractivity contribution in [3.8, 4) is 6.07 Å². The number of hydrogen-bond acceptors (Lipinski definition) is 4. The van der Waals surface area contributed by atoms with Crippen LogP contribution in [0, 0.1) is 11.3 Å². The van der Waals surface area contributed by atoms with Crippen LogP contribution in [0.1, 0.15) is 18.9 Å². The Morgan fingerprint density at radius 1 is 1.32 bits per heavy atom. The zero-order valence-corrected chi connectivity index (χ0v) is 12.2. The number of nitriles is 1. The van der Waals surface area contributed by atoms with E-state index in [1.54, 1.807) is 0 Å².